The van der Waals surface area contributed by atoms with Gasteiger partial charge in [0.15, 0.2) is 0 Å². The smallest absolute Gasteiger partial charge is 0.398 e. The monoisotopic (exact) mass is 267 g/mol. The topological polar surface area (TPSA) is 50.9 Å². The Labute approximate surface area is 108 Å². The number of pyridine rings is 1. The first-order valence-corrected chi connectivity index (χ1v) is 5.52. The van der Waals surface area contributed by atoms with E-state index in [1.807, 2.05) is 0 Å². The average Bonchev–Trinajstić information content (AvgIpc) is 2.33. The highest BCUT2D eigenvalue weighted by Crippen LogP contribution is 2.31. The highest BCUT2D eigenvalue weighted by Gasteiger charge is 2.30. The van der Waals surface area contributed by atoms with Crippen LogP contribution in [0.3, 0.4) is 0 Å². The highest BCUT2D eigenvalue weighted by molar-refractivity contribution is 5.62. The van der Waals surface area contributed by atoms with E-state index in [1.165, 1.54) is 12.1 Å². The first kappa shape index (κ1) is 13.2. The molecule has 0 fully saturated rings. The SMILES string of the molecule is Cc1cnc(Nc2cccc(C(F)(F)F)c2)cc1N. The van der Waals surface area contributed by atoms with Crippen molar-refractivity contribution in [3.8, 4) is 0 Å². The van der Waals surface area contributed by atoms with Gasteiger partial charge in [-0.1, -0.05) is 6.07 Å². The number of halogens is 3. The van der Waals surface area contributed by atoms with Crippen LogP contribution in [0.2, 0.25) is 0 Å². The predicted octanol–water partition coefficient (Wildman–Crippen LogP) is 3.73. The lowest BCUT2D eigenvalue weighted by Gasteiger charge is -2.11. The van der Waals surface area contributed by atoms with E-state index in [4.69, 9.17) is 5.73 Å². The first-order chi connectivity index (χ1) is 8.86. The van der Waals surface area contributed by atoms with Crippen LogP contribution in [0, 0.1) is 6.92 Å². The summed E-state index contributed by atoms with van der Waals surface area (Å²) in [6, 6.07) is 6.49. The fourth-order valence-corrected chi connectivity index (χ4v) is 1.53. The average molecular weight is 267 g/mol. The minimum absolute atomic E-state index is 0.311. The summed E-state index contributed by atoms with van der Waals surface area (Å²) in [7, 11) is 0. The minimum atomic E-state index is -4.36. The van der Waals surface area contributed by atoms with Crippen molar-refractivity contribution in [3.05, 3.63) is 47.7 Å². The maximum atomic E-state index is 12.6. The molecule has 3 N–H and O–H groups in total. The van der Waals surface area contributed by atoms with E-state index >= 15 is 0 Å². The predicted molar refractivity (Wildman–Crippen MR) is 68.1 cm³/mol. The Bertz CT molecular complexity index is 594. The molecule has 100 valence electrons. The van der Waals surface area contributed by atoms with E-state index in [0.717, 1.165) is 17.7 Å². The molecule has 0 amide bonds. The second-order valence-electron chi connectivity index (χ2n) is 4.13. The van der Waals surface area contributed by atoms with Gasteiger partial charge < -0.3 is 11.1 Å². The first-order valence-electron chi connectivity index (χ1n) is 5.52. The molecule has 0 saturated heterocycles. The Morgan fingerprint density at radius 1 is 1.21 bits per heavy atom. The van der Waals surface area contributed by atoms with Gasteiger partial charge in [-0.3, -0.25) is 0 Å². The van der Waals surface area contributed by atoms with Crippen LogP contribution < -0.4 is 11.1 Å². The summed E-state index contributed by atoms with van der Waals surface area (Å²) >= 11 is 0. The molecule has 19 heavy (non-hydrogen) atoms. The van der Waals surface area contributed by atoms with Crippen molar-refractivity contribution in [1.82, 2.24) is 4.98 Å². The van der Waals surface area contributed by atoms with Gasteiger partial charge >= 0.3 is 6.18 Å². The summed E-state index contributed by atoms with van der Waals surface area (Å²) in [6.45, 7) is 1.80. The van der Waals surface area contributed by atoms with Crippen molar-refractivity contribution in [3.63, 3.8) is 0 Å². The molecule has 0 spiro atoms. The zero-order valence-electron chi connectivity index (χ0n) is 10.1. The number of benzene rings is 1. The second kappa shape index (κ2) is 4.79. The molecule has 1 heterocycles. The Morgan fingerprint density at radius 2 is 1.95 bits per heavy atom. The van der Waals surface area contributed by atoms with Crippen molar-refractivity contribution >= 4 is 17.2 Å². The van der Waals surface area contributed by atoms with Crippen LogP contribution in [0.1, 0.15) is 11.1 Å². The van der Waals surface area contributed by atoms with Crippen LogP contribution in [-0.4, -0.2) is 4.98 Å². The van der Waals surface area contributed by atoms with Gasteiger partial charge in [-0.2, -0.15) is 13.2 Å². The lowest BCUT2D eigenvalue weighted by molar-refractivity contribution is -0.137. The van der Waals surface area contributed by atoms with E-state index in [9.17, 15) is 13.2 Å². The number of nitrogens with two attached hydrogens (primary N) is 1. The van der Waals surface area contributed by atoms with Crippen molar-refractivity contribution in [2.75, 3.05) is 11.1 Å². The number of nitrogen functional groups attached to an aromatic ring is 1. The van der Waals surface area contributed by atoms with Crippen LogP contribution >= 0.6 is 0 Å². The maximum absolute atomic E-state index is 12.6. The van der Waals surface area contributed by atoms with Gasteiger partial charge in [-0.15, -0.1) is 0 Å². The van der Waals surface area contributed by atoms with E-state index < -0.39 is 11.7 Å². The van der Waals surface area contributed by atoms with Gasteiger partial charge in [0.1, 0.15) is 5.82 Å². The zero-order valence-corrected chi connectivity index (χ0v) is 10.1. The molecule has 0 aliphatic carbocycles. The number of nitrogens with zero attached hydrogens (tertiary/aromatic N) is 1. The second-order valence-corrected chi connectivity index (χ2v) is 4.13. The highest BCUT2D eigenvalue weighted by atomic mass is 19.4. The summed E-state index contributed by atoms with van der Waals surface area (Å²) in [4.78, 5) is 4.05. The molecule has 0 atom stereocenters. The number of hydrogen-bond donors (Lipinski definition) is 2. The Kier molecular flexibility index (Phi) is 3.33. The minimum Gasteiger partial charge on any atom is -0.398 e. The number of hydrogen-bond acceptors (Lipinski definition) is 3. The molecule has 0 saturated carbocycles. The third kappa shape index (κ3) is 3.15. The molecule has 0 bridgehead atoms. The third-order valence-electron chi connectivity index (χ3n) is 2.61. The number of aryl methyl sites for hydroxylation is 1. The van der Waals surface area contributed by atoms with Gasteiger partial charge in [-0.05, 0) is 30.7 Å². The van der Waals surface area contributed by atoms with Crippen molar-refractivity contribution < 1.29 is 13.2 Å². The number of alkyl halides is 3. The quantitative estimate of drug-likeness (QED) is 0.871. The van der Waals surface area contributed by atoms with Crippen molar-refractivity contribution in [1.29, 1.82) is 0 Å². The third-order valence-corrected chi connectivity index (χ3v) is 2.61. The van der Waals surface area contributed by atoms with Gasteiger partial charge in [0.05, 0.1) is 5.56 Å². The van der Waals surface area contributed by atoms with Crippen LogP contribution in [-0.2, 0) is 6.18 Å². The van der Waals surface area contributed by atoms with E-state index in [2.05, 4.69) is 10.3 Å². The fourth-order valence-electron chi connectivity index (χ4n) is 1.53. The number of aromatic nitrogens is 1. The van der Waals surface area contributed by atoms with Crippen molar-refractivity contribution in [2.24, 2.45) is 0 Å². The molecule has 2 rings (SSSR count). The molecule has 2 aromatic rings. The molecule has 0 unspecified atom stereocenters. The molecule has 0 aliphatic heterocycles. The molecular formula is C13H12F3N3. The van der Waals surface area contributed by atoms with Gasteiger partial charge in [0.2, 0.25) is 0 Å². The molecule has 3 nitrogen and oxygen atoms in total. The van der Waals surface area contributed by atoms with Crippen LogP contribution in [0.15, 0.2) is 36.5 Å². The summed E-state index contributed by atoms with van der Waals surface area (Å²) in [5.74, 6) is 0.405. The van der Waals surface area contributed by atoms with Crippen LogP contribution in [0.5, 0.6) is 0 Å². The standard InChI is InChI=1S/C13H12F3N3/c1-8-7-18-12(6-11(8)17)19-10-4-2-3-9(5-10)13(14,15)16/h2-7H,1H3,(H3,17,18,19). The number of rotatable bonds is 2. The van der Waals surface area contributed by atoms with Crippen molar-refractivity contribution in [2.45, 2.75) is 13.1 Å². The number of anilines is 3. The maximum Gasteiger partial charge on any atom is 0.416 e. The molecule has 6 heteroatoms. The van der Waals surface area contributed by atoms with E-state index in [0.29, 0.717) is 17.2 Å². The van der Waals surface area contributed by atoms with Crippen LogP contribution in [0.25, 0.3) is 0 Å². The summed E-state index contributed by atoms with van der Waals surface area (Å²) < 4.78 is 37.7. The van der Waals surface area contributed by atoms with E-state index in [-0.39, 0.29) is 0 Å². The van der Waals surface area contributed by atoms with E-state index in [1.54, 1.807) is 19.2 Å². The summed E-state index contributed by atoms with van der Waals surface area (Å²) in [5, 5.41) is 2.79. The Balaban J connectivity index is 2.26. The zero-order chi connectivity index (χ0) is 14.0. The summed E-state index contributed by atoms with van der Waals surface area (Å²) in [6.07, 6.45) is -2.80. The Morgan fingerprint density at radius 3 is 2.58 bits per heavy atom. The lowest BCUT2D eigenvalue weighted by Crippen LogP contribution is -2.05. The van der Waals surface area contributed by atoms with Gasteiger partial charge in [0.25, 0.3) is 0 Å². The summed E-state index contributed by atoms with van der Waals surface area (Å²) in [5.41, 5.74) is 6.66. The normalized spacial score (nSPS) is 11.4. The number of nitrogens with one attached hydrogen (secondary N) is 1. The fraction of sp³-hybridized carbons (Fsp3) is 0.154. The molecule has 1 aromatic heterocycles. The molecule has 1 aromatic carbocycles. The van der Waals surface area contributed by atoms with Gasteiger partial charge in [0, 0.05) is 23.6 Å². The largest absolute Gasteiger partial charge is 0.416 e. The molecule has 0 aliphatic rings. The molecule has 0 radical (unpaired) electrons. The van der Waals surface area contributed by atoms with Crippen LogP contribution in [0.4, 0.5) is 30.4 Å². The lowest BCUT2D eigenvalue weighted by atomic mass is 10.2. The molecular weight excluding hydrogens is 255 g/mol. The van der Waals surface area contributed by atoms with Gasteiger partial charge in [-0.25, -0.2) is 4.98 Å². The Hall–Kier alpha value is -2.24.